The molecule has 0 radical (unpaired) electrons. The second kappa shape index (κ2) is 9.60. The van der Waals surface area contributed by atoms with Gasteiger partial charge in [-0.05, 0) is 48.7 Å². The SMILES string of the molecule is COc1cc(CNC(=O)C2CCCN(c3nc4ccc(F)cc4s3)C2)cc(OC)c1OC. The van der Waals surface area contributed by atoms with Gasteiger partial charge in [-0.2, -0.15) is 0 Å². The number of benzene rings is 2. The van der Waals surface area contributed by atoms with E-state index in [-0.39, 0.29) is 17.6 Å². The molecule has 7 nitrogen and oxygen atoms in total. The molecule has 1 atom stereocenters. The van der Waals surface area contributed by atoms with E-state index in [1.54, 1.807) is 27.4 Å². The molecule has 32 heavy (non-hydrogen) atoms. The highest BCUT2D eigenvalue weighted by atomic mass is 32.1. The molecular formula is C23H26FN3O4S. The lowest BCUT2D eigenvalue weighted by Crippen LogP contribution is -2.42. The van der Waals surface area contributed by atoms with Crippen LogP contribution in [0.1, 0.15) is 18.4 Å². The van der Waals surface area contributed by atoms with Gasteiger partial charge in [0.25, 0.3) is 0 Å². The van der Waals surface area contributed by atoms with E-state index in [9.17, 15) is 9.18 Å². The van der Waals surface area contributed by atoms with Crippen molar-refractivity contribution in [1.29, 1.82) is 0 Å². The number of carbonyl (C=O) groups excluding carboxylic acids is 1. The highest BCUT2D eigenvalue weighted by molar-refractivity contribution is 7.22. The average Bonchev–Trinajstić information content (AvgIpc) is 3.25. The summed E-state index contributed by atoms with van der Waals surface area (Å²) in [6, 6.07) is 8.27. The van der Waals surface area contributed by atoms with Crippen LogP contribution in [0, 0.1) is 11.7 Å². The fourth-order valence-corrected chi connectivity index (χ4v) is 4.98. The molecule has 1 aliphatic rings. The quantitative estimate of drug-likeness (QED) is 0.576. The van der Waals surface area contributed by atoms with Gasteiger partial charge in [0.05, 0.1) is 37.5 Å². The van der Waals surface area contributed by atoms with E-state index in [0.29, 0.717) is 30.3 Å². The lowest BCUT2D eigenvalue weighted by Gasteiger charge is -2.31. The summed E-state index contributed by atoms with van der Waals surface area (Å²) in [6.07, 6.45) is 1.71. The smallest absolute Gasteiger partial charge is 0.225 e. The minimum atomic E-state index is -0.268. The van der Waals surface area contributed by atoms with Crippen LogP contribution in [0.4, 0.5) is 9.52 Å². The predicted molar refractivity (Wildman–Crippen MR) is 122 cm³/mol. The number of thiazole rings is 1. The zero-order valence-electron chi connectivity index (χ0n) is 18.3. The monoisotopic (exact) mass is 459 g/mol. The number of nitrogens with one attached hydrogen (secondary N) is 1. The number of carbonyl (C=O) groups is 1. The van der Waals surface area contributed by atoms with Gasteiger partial charge in [0.15, 0.2) is 16.6 Å². The van der Waals surface area contributed by atoms with Crippen LogP contribution in [0.3, 0.4) is 0 Å². The summed E-state index contributed by atoms with van der Waals surface area (Å²) in [4.78, 5) is 19.7. The molecule has 4 rings (SSSR count). The molecule has 1 aliphatic heterocycles. The molecule has 1 amide bonds. The van der Waals surface area contributed by atoms with Crippen molar-refractivity contribution >= 4 is 32.6 Å². The minimum Gasteiger partial charge on any atom is -0.493 e. The molecule has 0 aliphatic carbocycles. The van der Waals surface area contributed by atoms with Gasteiger partial charge in [0.1, 0.15) is 5.82 Å². The third kappa shape index (κ3) is 4.57. The Kier molecular flexibility index (Phi) is 6.64. The van der Waals surface area contributed by atoms with Crippen LogP contribution in [0.2, 0.25) is 0 Å². The van der Waals surface area contributed by atoms with Crippen molar-refractivity contribution in [1.82, 2.24) is 10.3 Å². The Bertz CT molecular complexity index is 1090. The molecule has 2 heterocycles. The van der Waals surface area contributed by atoms with E-state index in [1.807, 2.05) is 12.1 Å². The van der Waals surface area contributed by atoms with Crippen molar-refractivity contribution in [2.75, 3.05) is 39.3 Å². The highest BCUT2D eigenvalue weighted by Crippen LogP contribution is 2.38. The molecule has 1 N–H and O–H groups in total. The summed E-state index contributed by atoms with van der Waals surface area (Å²) in [7, 11) is 4.68. The zero-order valence-corrected chi connectivity index (χ0v) is 19.1. The molecule has 1 fully saturated rings. The van der Waals surface area contributed by atoms with Crippen molar-refractivity contribution < 1.29 is 23.4 Å². The van der Waals surface area contributed by atoms with Gasteiger partial charge < -0.3 is 24.4 Å². The number of hydrogen-bond acceptors (Lipinski definition) is 7. The first-order valence-electron chi connectivity index (χ1n) is 10.4. The Hall–Kier alpha value is -3.07. The normalized spacial score (nSPS) is 16.1. The van der Waals surface area contributed by atoms with Crippen LogP contribution >= 0.6 is 11.3 Å². The minimum absolute atomic E-state index is 0.00407. The summed E-state index contributed by atoms with van der Waals surface area (Å²) in [5, 5.41) is 3.86. The van der Waals surface area contributed by atoms with Gasteiger partial charge in [-0.1, -0.05) is 11.3 Å². The van der Waals surface area contributed by atoms with Crippen molar-refractivity contribution in [3.05, 3.63) is 41.7 Å². The van der Waals surface area contributed by atoms with Gasteiger partial charge in [0.2, 0.25) is 11.7 Å². The van der Waals surface area contributed by atoms with E-state index in [1.165, 1.54) is 23.5 Å². The lowest BCUT2D eigenvalue weighted by molar-refractivity contribution is -0.125. The number of hydrogen-bond donors (Lipinski definition) is 1. The maximum atomic E-state index is 13.5. The largest absolute Gasteiger partial charge is 0.493 e. The number of nitrogens with zero attached hydrogens (tertiary/aromatic N) is 2. The molecule has 3 aromatic rings. The van der Waals surface area contributed by atoms with Crippen LogP contribution in [-0.4, -0.2) is 45.3 Å². The topological polar surface area (TPSA) is 72.9 Å². The maximum Gasteiger partial charge on any atom is 0.225 e. The first kappa shape index (κ1) is 22.1. The predicted octanol–water partition coefficient (Wildman–Crippen LogP) is 3.99. The van der Waals surface area contributed by atoms with Gasteiger partial charge in [0, 0.05) is 19.6 Å². The lowest BCUT2D eigenvalue weighted by atomic mass is 9.97. The Morgan fingerprint density at radius 3 is 2.62 bits per heavy atom. The molecular weight excluding hydrogens is 433 g/mol. The molecule has 0 spiro atoms. The number of rotatable bonds is 7. The second-order valence-electron chi connectivity index (χ2n) is 7.65. The Balaban J connectivity index is 1.42. The molecule has 1 aromatic heterocycles. The van der Waals surface area contributed by atoms with Gasteiger partial charge in [-0.3, -0.25) is 4.79 Å². The summed E-state index contributed by atoms with van der Waals surface area (Å²) < 4.78 is 30.4. The summed E-state index contributed by atoms with van der Waals surface area (Å²) in [5.74, 6) is 1.20. The van der Waals surface area contributed by atoms with Crippen LogP contribution in [0.5, 0.6) is 17.2 Å². The van der Waals surface area contributed by atoms with Gasteiger partial charge >= 0.3 is 0 Å². The molecule has 170 valence electrons. The average molecular weight is 460 g/mol. The maximum absolute atomic E-state index is 13.5. The number of anilines is 1. The Morgan fingerprint density at radius 1 is 1.19 bits per heavy atom. The van der Waals surface area contributed by atoms with E-state index < -0.39 is 0 Å². The van der Waals surface area contributed by atoms with Crippen LogP contribution in [0.25, 0.3) is 10.2 Å². The summed E-state index contributed by atoms with van der Waals surface area (Å²) in [6.45, 7) is 1.77. The molecule has 1 saturated heterocycles. The van der Waals surface area contributed by atoms with E-state index in [0.717, 1.165) is 40.3 Å². The third-order valence-electron chi connectivity index (χ3n) is 5.59. The number of aromatic nitrogens is 1. The number of amides is 1. The second-order valence-corrected chi connectivity index (χ2v) is 8.65. The van der Waals surface area contributed by atoms with Crippen molar-refractivity contribution in [3.63, 3.8) is 0 Å². The Morgan fingerprint density at radius 2 is 1.94 bits per heavy atom. The van der Waals surface area contributed by atoms with E-state index in [2.05, 4.69) is 15.2 Å². The van der Waals surface area contributed by atoms with Crippen LogP contribution < -0.4 is 24.4 Å². The number of piperidine rings is 1. The van der Waals surface area contributed by atoms with E-state index >= 15 is 0 Å². The fourth-order valence-electron chi connectivity index (χ4n) is 3.96. The highest BCUT2D eigenvalue weighted by Gasteiger charge is 2.27. The number of ether oxygens (including phenoxy) is 3. The molecule has 0 saturated carbocycles. The zero-order chi connectivity index (χ0) is 22.7. The van der Waals surface area contributed by atoms with Gasteiger partial charge in [-0.25, -0.2) is 9.37 Å². The standard InChI is InChI=1S/C23H26FN3O4S/c1-29-18-9-14(10-19(30-2)21(18)31-3)12-25-22(28)15-5-4-8-27(13-15)23-26-17-7-6-16(24)11-20(17)32-23/h6-7,9-11,15H,4-5,8,12-13H2,1-3H3,(H,25,28). The van der Waals surface area contributed by atoms with Crippen molar-refractivity contribution in [3.8, 4) is 17.2 Å². The van der Waals surface area contributed by atoms with Crippen LogP contribution in [-0.2, 0) is 11.3 Å². The van der Waals surface area contributed by atoms with Crippen LogP contribution in [0.15, 0.2) is 30.3 Å². The molecule has 1 unspecified atom stereocenters. The Labute approximate surface area is 190 Å². The third-order valence-corrected chi connectivity index (χ3v) is 6.67. The van der Waals surface area contributed by atoms with E-state index in [4.69, 9.17) is 14.2 Å². The first-order chi connectivity index (χ1) is 15.5. The number of fused-ring (bicyclic) bond motifs is 1. The summed E-state index contributed by atoms with van der Waals surface area (Å²) >= 11 is 1.46. The van der Waals surface area contributed by atoms with Gasteiger partial charge in [-0.15, -0.1) is 0 Å². The number of halogens is 1. The van der Waals surface area contributed by atoms with Crippen molar-refractivity contribution in [2.45, 2.75) is 19.4 Å². The first-order valence-corrected chi connectivity index (χ1v) is 11.2. The number of methoxy groups -OCH3 is 3. The van der Waals surface area contributed by atoms with Crippen molar-refractivity contribution in [2.24, 2.45) is 5.92 Å². The molecule has 9 heteroatoms. The fraction of sp³-hybridized carbons (Fsp3) is 0.391. The molecule has 2 aromatic carbocycles. The molecule has 0 bridgehead atoms. The summed E-state index contributed by atoms with van der Waals surface area (Å²) in [5.41, 5.74) is 1.63.